The molecule has 0 unspecified atom stereocenters. The molecular formula is C23H20BrClN2O7S. The molecule has 9 nitrogen and oxygen atoms in total. The SMILES string of the molecule is CCOc1cc(/C=C2\SC(=O)N(CC(=O)Nc3ccc(Cl)cc3)C2=O)cc(Br)c1OCC(=O)OC. The van der Waals surface area contributed by atoms with Crippen molar-refractivity contribution in [3.63, 3.8) is 0 Å². The van der Waals surface area contributed by atoms with E-state index < -0.39 is 29.6 Å². The molecule has 1 heterocycles. The van der Waals surface area contributed by atoms with Gasteiger partial charge in [0.15, 0.2) is 18.1 Å². The molecule has 0 aromatic heterocycles. The van der Waals surface area contributed by atoms with E-state index in [1.54, 1.807) is 43.3 Å². The molecule has 3 amide bonds. The van der Waals surface area contributed by atoms with Crippen molar-refractivity contribution in [1.29, 1.82) is 0 Å². The zero-order valence-corrected chi connectivity index (χ0v) is 21.8. The molecule has 184 valence electrons. The van der Waals surface area contributed by atoms with Gasteiger partial charge in [-0.2, -0.15) is 0 Å². The fourth-order valence-corrected chi connectivity index (χ4v) is 4.47. The molecule has 2 aromatic rings. The van der Waals surface area contributed by atoms with E-state index in [1.807, 2.05) is 0 Å². The third kappa shape index (κ3) is 7.00. The molecule has 0 atom stereocenters. The lowest BCUT2D eigenvalue weighted by Gasteiger charge is -2.14. The highest BCUT2D eigenvalue weighted by Gasteiger charge is 2.36. The lowest BCUT2D eigenvalue weighted by Crippen LogP contribution is -2.36. The van der Waals surface area contributed by atoms with Crippen LogP contribution in [-0.2, 0) is 19.1 Å². The highest BCUT2D eigenvalue weighted by molar-refractivity contribution is 9.10. The number of nitrogens with zero attached hydrogens (tertiary/aromatic N) is 1. The number of halogens is 2. The summed E-state index contributed by atoms with van der Waals surface area (Å²) in [5.41, 5.74) is 1.03. The van der Waals surface area contributed by atoms with Crippen molar-refractivity contribution in [2.24, 2.45) is 0 Å². The summed E-state index contributed by atoms with van der Waals surface area (Å²) < 4.78 is 16.2. The largest absolute Gasteiger partial charge is 0.490 e. The number of nitrogens with one attached hydrogen (secondary N) is 1. The first-order valence-corrected chi connectivity index (χ1v) is 12.2. The molecule has 0 saturated carbocycles. The number of esters is 1. The minimum Gasteiger partial charge on any atom is -0.490 e. The average molecular weight is 584 g/mol. The van der Waals surface area contributed by atoms with Gasteiger partial charge in [-0.3, -0.25) is 19.3 Å². The number of hydrogen-bond acceptors (Lipinski definition) is 8. The Bertz CT molecular complexity index is 1190. The van der Waals surface area contributed by atoms with Gasteiger partial charge >= 0.3 is 5.97 Å². The predicted octanol–water partition coefficient (Wildman–Crippen LogP) is 4.73. The summed E-state index contributed by atoms with van der Waals surface area (Å²) in [6.07, 6.45) is 1.51. The summed E-state index contributed by atoms with van der Waals surface area (Å²) in [5, 5.41) is 2.57. The number of methoxy groups -OCH3 is 1. The lowest BCUT2D eigenvalue weighted by atomic mass is 10.2. The number of carbonyl (C=O) groups excluding carboxylic acids is 4. The quantitative estimate of drug-likeness (QED) is 0.333. The van der Waals surface area contributed by atoms with Crippen molar-refractivity contribution < 1.29 is 33.4 Å². The molecular weight excluding hydrogens is 564 g/mol. The van der Waals surface area contributed by atoms with Crippen LogP contribution in [0.2, 0.25) is 5.02 Å². The fourth-order valence-electron chi connectivity index (χ4n) is 2.93. The Balaban J connectivity index is 1.75. The zero-order valence-electron chi connectivity index (χ0n) is 18.6. The maximum Gasteiger partial charge on any atom is 0.343 e. The predicted molar refractivity (Wildman–Crippen MR) is 136 cm³/mol. The van der Waals surface area contributed by atoms with Gasteiger partial charge in [-0.05, 0) is 82.7 Å². The van der Waals surface area contributed by atoms with E-state index >= 15 is 0 Å². The third-order valence-electron chi connectivity index (χ3n) is 4.49. The average Bonchev–Trinajstić information content (AvgIpc) is 3.07. The van der Waals surface area contributed by atoms with Crippen LogP contribution in [-0.4, -0.2) is 54.8 Å². The van der Waals surface area contributed by atoms with E-state index in [-0.39, 0.29) is 11.5 Å². The molecule has 12 heteroatoms. The molecule has 0 aliphatic carbocycles. The number of imide groups is 1. The first kappa shape index (κ1) is 26.6. The molecule has 35 heavy (non-hydrogen) atoms. The van der Waals surface area contributed by atoms with Gasteiger partial charge in [-0.15, -0.1) is 0 Å². The zero-order chi connectivity index (χ0) is 25.5. The first-order valence-electron chi connectivity index (χ1n) is 10.2. The topological polar surface area (TPSA) is 111 Å². The van der Waals surface area contributed by atoms with Crippen molar-refractivity contribution in [1.82, 2.24) is 4.90 Å². The standard InChI is InChI=1S/C23H20BrClN2O7S/c1-3-33-17-9-13(8-16(24)21(17)34-12-20(29)32-2)10-18-22(30)27(23(31)35-18)11-19(28)26-15-6-4-14(25)5-7-15/h4-10H,3,11-12H2,1-2H3,(H,26,28)/b18-10-. The highest BCUT2D eigenvalue weighted by Crippen LogP contribution is 2.39. The molecule has 0 radical (unpaired) electrons. The second-order valence-electron chi connectivity index (χ2n) is 6.95. The van der Waals surface area contributed by atoms with Gasteiger partial charge in [0.25, 0.3) is 11.1 Å². The van der Waals surface area contributed by atoms with Gasteiger partial charge in [0.05, 0.1) is 23.1 Å². The maximum atomic E-state index is 12.8. The minimum absolute atomic E-state index is 0.145. The second kappa shape index (κ2) is 12.1. The van der Waals surface area contributed by atoms with Crippen molar-refractivity contribution in [2.75, 3.05) is 32.2 Å². The van der Waals surface area contributed by atoms with Crippen molar-refractivity contribution in [2.45, 2.75) is 6.92 Å². The van der Waals surface area contributed by atoms with Crippen molar-refractivity contribution in [3.05, 3.63) is 56.4 Å². The van der Waals surface area contributed by atoms with Crippen LogP contribution in [0.5, 0.6) is 11.5 Å². The number of carbonyl (C=O) groups is 4. The van der Waals surface area contributed by atoms with Gasteiger partial charge in [0.2, 0.25) is 5.91 Å². The third-order valence-corrected chi connectivity index (χ3v) is 6.24. The Morgan fingerprint density at radius 1 is 1.17 bits per heavy atom. The fraction of sp³-hybridized carbons (Fsp3) is 0.217. The monoisotopic (exact) mass is 582 g/mol. The molecule has 0 bridgehead atoms. The van der Waals surface area contributed by atoms with Crippen LogP contribution in [0.15, 0.2) is 45.8 Å². The highest BCUT2D eigenvalue weighted by atomic mass is 79.9. The van der Waals surface area contributed by atoms with Crippen molar-refractivity contribution >= 4 is 74.1 Å². The van der Waals surface area contributed by atoms with Crippen LogP contribution in [0.3, 0.4) is 0 Å². The number of amides is 3. The van der Waals surface area contributed by atoms with E-state index in [0.29, 0.717) is 38.9 Å². The van der Waals surface area contributed by atoms with Crippen LogP contribution < -0.4 is 14.8 Å². The molecule has 1 fully saturated rings. The molecule has 1 saturated heterocycles. The van der Waals surface area contributed by atoms with E-state index in [2.05, 4.69) is 26.0 Å². The number of ether oxygens (including phenoxy) is 3. The summed E-state index contributed by atoms with van der Waals surface area (Å²) in [6, 6.07) is 9.71. The van der Waals surface area contributed by atoms with Gasteiger partial charge in [-0.1, -0.05) is 11.6 Å². The Morgan fingerprint density at radius 2 is 1.89 bits per heavy atom. The Labute approximate surface area is 218 Å². The Kier molecular flexibility index (Phi) is 9.19. The van der Waals surface area contributed by atoms with Crippen LogP contribution in [0, 0.1) is 0 Å². The van der Waals surface area contributed by atoms with Crippen LogP contribution in [0.4, 0.5) is 10.5 Å². The van der Waals surface area contributed by atoms with Gasteiger partial charge < -0.3 is 19.5 Å². The van der Waals surface area contributed by atoms with Gasteiger partial charge in [-0.25, -0.2) is 4.79 Å². The molecule has 1 aliphatic heterocycles. The van der Waals surface area contributed by atoms with Crippen LogP contribution >= 0.6 is 39.3 Å². The van der Waals surface area contributed by atoms with E-state index in [0.717, 1.165) is 16.7 Å². The molecule has 3 rings (SSSR count). The summed E-state index contributed by atoms with van der Waals surface area (Å²) in [6.45, 7) is 1.36. The molecule has 0 spiro atoms. The smallest absolute Gasteiger partial charge is 0.343 e. The summed E-state index contributed by atoms with van der Waals surface area (Å²) in [7, 11) is 1.25. The minimum atomic E-state index is -0.591. The number of benzene rings is 2. The van der Waals surface area contributed by atoms with E-state index in [1.165, 1.54) is 13.2 Å². The molecule has 2 aromatic carbocycles. The van der Waals surface area contributed by atoms with Crippen LogP contribution in [0.25, 0.3) is 6.08 Å². The van der Waals surface area contributed by atoms with Crippen LogP contribution in [0.1, 0.15) is 12.5 Å². The van der Waals surface area contributed by atoms with Gasteiger partial charge in [0, 0.05) is 10.7 Å². The first-order chi connectivity index (χ1) is 16.7. The van der Waals surface area contributed by atoms with E-state index in [4.69, 9.17) is 21.1 Å². The summed E-state index contributed by atoms with van der Waals surface area (Å²) >= 11 is 9.94. The molecule has 1 aliphatic rings. The lowest BCUT2D eigenvalue weighted by molar-refractivity contribution is -0.143. The summed E-state index contributed by atoms with van der Waals surface area (Å²) in [5.74, 6) is -1.05. The Morgan fingerprint density at radius 3 is 2.54 bits per heavy atom. The number of anilines is 1. The number of thioether (sulfide) groups is 1. The normalized spacial score (nSPS) is 14.3. The molecule has 1 N–H and O–H groups in total. The number of hydrogen-bond donors (Lipinski definition) is 1. The Hall–Kier alpha value is -3.02. The van der Waals surface area contributed by atoms with E-state index in [9.17, 15) is 19.2 Å². The van der Waals surface area contributed by atoms with Crippen molar-refractivity contribution in [3.8, 4) is 11.5 Å². The maximum absolute atomic E-state index is 12.8. The van der Waals surface area contributed by atoms with Gasteiger partial charge in [0.1, 0.15) is 6.54 Å². The number of rotatable bonds is 9. The summed E-state index contributed by atoms with van der Waals surface area (Å²) in [4.78, 5) is 50.0. The second-order valence-corrected chi connectivity index (χ2v) is 9.23.